The third-order valence-electron chi connectivity index (χ3n) is 4.94. The Kier molecular flexibility index (Phi) is 6.04. The molecule has 0 spiro atoms. The highest BCUT2D eigenvalue weighted by Crippen LogP contribution is 2.37. The van der Waals surface area contributed by atoms with E-state index >= 15 is 0 Å². The molecule has 0 amide bonds. The maximum atomic E-state index is 10.5. The van der Waals surface area contributed by atoms with Crippen LogP contribution in [-0.2, 0) is 9.47 Å². The Bertz CT molecular complexity index is 471. The number of aliphatic hydroxyl groups is 6. The van der Waals surface area contributed by atoms with Crippen LogP contribution in [0.2, 0.25) is 0 Å². The van der Waals surface area contributed by atoms with E-state index in [9.17, 15) is 30.6 Å². The summed E-state index contributed by atoms with van der Waals surface area (Å²) in [7, 11) is 0. The molecule has 1 aliphatic carbocycles. The van der Waals surface area contributed by atoms with E-state index in [1.807, 2.05) is 13.8 Å². The topological polar surface area (TPSA) is 140 Å². The first-order chi connectivity index (χ1) is 11.1. The van der Waals surface area contributed by atoms with E-state index in [-0.39, 0.29) is 0 Å². The van der Waals surface area contributed by atoms with Crippen molar-refractivity contribution in [3.8, 4) is 0 Å². The molecule has 0 bridgehead atoms. The van der Waals surface area contributed by atoms with Gasteiger partial charge in [-0.3, -0.25) is 0 Å². The minimum Gasteiger partial charge on any atom is -0.394 e. The molecule has 2 aliphatic rings. The molecule has 0 radical (unpaired) electrons. The summed E-state index contributed by atoms with van der Waals surface area (Å²) in [5, 5.41) is 59.8. The van der Waals surface area contributed by atoms with Gasteiger partial charge in [-0.1, -0.05) is 5.57 Å². The van der Waals surface area contributed by atoms with Crippen LogP contribution in [0.4, 0.5) is 0 Å². The number of rotatable bonds is 3. The van der Waals surface area contributed by atoms with Crippen molar-refractivity contribution in [2.45, 2.75) is 82.1 Å². The summed E-state index contributed by atoms with van der Waals surface area (Å²) in [4.78, 5) is 0. The van der Waals surface area contributed by atoms with E-state index in [2.05, 4.69) is 0 Å². The van der Waals surface area contributed by atoms with Crippen LogP contribution < -0.4 is 0 Å². The standard InChI is InChI=1S/C16H28O8/c1-7(2)8-4-5-16(3,22)14(21)13(8)24-15-12(20)11(19)10(18)9(6-17)23-15/h9-15,17-22H,4-6H2,1-3H3/t9-,10-,11+,12-,13?,14-,15+,16-/m1/s1. The lowest BCUT2D eigenvalue weighted by Gasteiger charge is -2.45. The minimum absolute atomic E-state index is 0.364. The summed E-state index contributed by atoms with van der Waals surface area (Å²) < 4.78 is 11.0. The Morgan fingerprint density at radius 3 is 2.33 bits per heavy atom. The van der Waals surface area contributed by atoms with Crippen LogP contribution in [0.15, 0.2) is 11.1 Å². The Balaban J connectivity index is 2.23. The molecule has 1 unspecified atom stereocenters. The molecule has 2 fully saturated rings. The SMILES string of the molecule is CC(C)=C1CC[C@@](C)(O)[C@H](O)C1O[C@@H]1O[C@H](CO)[C@@H](O)[C@H](O)[C@H]1O. The Morgan fingerprint density at radius 1 is 1.17 bits per heavy atom. The molecule has 1 saturated heterocycles. The fourth-order valence-corrected chi connectivity index (χ4v) is 3.21. The van der Waals surface area contributed by atoms with E-state index in [1.54, 1.807) is 0 Å². The zero-order chi connectivity index (χ0) is 18.2. The predicted molar refractivity (Wildman–Crippen MR) is 82.9 cm³/mol. The molecule has 140 valence electrons. The molecule has 8 nitrogen and oxygen atoms in total. The van der Waals surface area contributed by atoms with Crippen molar-refractivity contribution in [3.05, 3.63) is 11.1 Å². The highest BCUT2D eigenvalue weighted by molar-refractivity contribution is 5.22. The van der Waals surface area contributed by atoms with E-state index in [1.165, 1.54) is 6.92 Å². The van der Waals surface area contributed by atoms with Gasteiger partial charge in [-0.25, -0.2) is 0 Å². The second-order valence-corrected chi connectivity index (χ2v) is 7.08. The third-order valence-corrected chi connectivity index (χ3v) is 4.94. The van der Waals surface area contributed by atoms with Crippen LogP contribution >= 0.6 is 0 Å². The summed E-state index contributed by atoms with van der Waals surface area (Å²) in [6.07, 6.45) is -8.35. The fraction of sp³-hybridized carbons (Fsp3) is 0.875. The van der Waals surface area contributed by atoms with Gasteiger partial charge in [0, 0.05) is 0 Å². The van der Waals surface area contributed by atoms with Crippen molar-refractivity contribution in [1.82, 2.24) is 0 Å². The highest BCUT2D eigenvalue weighted by Gasteiger charge is 2.49. The minimum atomic E-state index is -1.56. The molecule has 1 heterocycles. The predicted octanol–water partition coefficient (Wildman–Crippen LogP) is -1.59. The quantitative estimate of drug-likeness (QED) is 0.336. The lowest BCUT2D eigenvalue weighted by Crippen LogP contribution is -2.61. The van der Waals surface area contributed by atoms with Crippen molar-refractivity contribution in [2.75, 3.05) is 6.61 Å². The number of aliphatic hydroxyl groups excluding tert-OH is 5. The summed E-state index contributed by atoms with van der Waals surface area (Å²) >= 11 is 0. The largest absolute Gasteiger partial charge is 0.394 e. The lowest BCUT2D eigenvalue weighted by molar-refractivity contribution is -0.319. The molecule has 1 saturated carbocycles. The fourth-order valence-electron chi connectivity index (χ4n) is 3.21. The molecule has 0 aromatic rings. The zero-order valence-corrected chi connectivity index (χ0v) is 14.2. The second kappa shape index (κ2) is 7.35. The first-order valence-corrected chi connectivity index (χ1v) is 8.12. The van der Waals surface area contributed by atoms with Crippen molar-refractivity contribution < 1.29 is 40.1 Å². The monoisotopic (exact) mass is 348 g/mol. The van der Waals surface area contributed by atoms with Crippen LogP contribution in [0.3, 0.4) is 0 Å². The van der Waals surface area contributed by atoms with Gasteiger partial charge >= 0.3 is 0 Å². The van der Waals surface area contributed by atoms with Crippen LogP contribution in [0, 0.1) is 0 Å². The average molecular weight is 348 g/mol. The van der Waals surface area contributed by atoms with Gasteiger partial charge in [-0.2, -0.15) is 0 Å². The van der Waals surface area contributed by atoms with Gasteiger partial charge in [-0.15, -0.1) is 0 Å². The van der Waals surface area contributed by atoms with Crippen LogP contribution in [-0.4, -0.2) is 85.8 Å². The molecule has 0 aromatic heterocycles. The van der Waals surface area contributed by atoms with E-state index in [0.717, 1.165) is 11.1 Å². The molecule has 8 heteroatoms. The Labute approximate surface area is 141 Å². The molecule has 2 rings (SSSR count). The number of ether oxygens (including phenoxy) is 2. The molecule has 1 aliphatic heterocycles. The van der Waals surface area contributed by atoms with Crippen molar-refractivity contribution in [1.29, 1.82) is 0 Å². The smallest absolute Gasteiger partial charge is 0.187 e. The van der Waals surface area contributed by atoms with Crippen molar-refractivity contribution in [3.63, 3.8) is 0 Å². The van der Waals surface area contributed by atoms with Gasteiger partial charge in [0.2, 0.25) is 0 Å². The summed E-state index contributed by atoms with van der Waals surface area (Å²) in [6, 6.07) is 0. The molecular weight excluding hydrogens is 320 g/mol. The zero-order valence-electron chi connectivity index (χ0n) is 14.2. The molecule has 0 aromatic carbocycles. The van der Waals surface area contributed by atoms with Gasteiger partial charge < -0.3 is 40.1 Å². The first-order valence-electron chi connectivity index (χ1n) is 8.12. The molecular formula is C16H28O8. The average Bonchev–Trinajstić information content (AvgIpc) is 2.51. The maximum absolute atomic E-state index is 10.5. The Hall–Kier alpha value is -0.580. The van der Waals surface area contributed by atoms with E-state index in [0.29, 0.717) is 12.8 Å². The Morgan fingerprint density at radius 2 is 1.79 bits per heavy atom. The second-order valence-electron chi connectivity index (χ2n) is 7.08. The lowest BCUT2D eigenvalue weighted by atomic mass is 9.77. The number of allylic oxidation sites excluding steroid dienone is 1. The third kappa shape index (κ3) is 3.66. The number of hydrogen-bond donors (Lipinski definition) is 6. The molecule has 24 heavy (non-hydrogen) atoms. The first kappa shape index (κ1) is 19.7. The van der Waals surface area contributed by atoms with Gasteiger partial charge in [0.15, 0.2) is 6.29 Å². The maximum Gasteiger partial charge on any atom is 0.187 e. The van der Waals surface area contributed by atoms with Gasteiger partial charge in [0.25, 0.3) is 0 Å². The van der Waals surface area contributed by atoms with Gasteiger partial charge in [0.1, 0.15) is 36.6 Å². The van der Waals surface area contributed by atoms with Crippen molar-refractivity contribution in [2.24, 2.45) is 0 Å². The van der Waals surface area contributed by atoms with Crippen LogP contribution in [0.5, 0.6) is 0 Å². The highest BCUT2D eigenvalue weighted by atomic mass is 16.7. The van der Waals surface area contributed by atoms with E-state index < -0.39 is 55.1 Å². The normalized spacial score (nSPS) is 46.9. The van der Waals surface area contributed by atoms with Gasteiger partial charge in [-0.05, 0) is 39.2 Å². The molecule has 6 N–H and O–H groups in total. The van der Waals surface area contributed by atoms with Crippen LogP contribution in [0.1, 0.15) is 33.6 Å². The summed E-state index contributed by atoms with van der Waals surface area (Å²) in [5.41, 5.74) is 0.336. The molecule has 8 atom stereocenters. The van der Waals surface area contributed by atoms with E-state index in [4.69, 9.17) is 9.47 Å². The number of hydrogen-bond acceptors (Lipinski definition) is 8. The van der Waals surface area contributed by atoms with Crippen LogP contribution in [0.25, 0.3) is 0 Å². The summed E-state index contributed by atoms with van der Waals surface area (Å²) in [5.74, 6) is 0. The van der Waals surface area contributed by atoms with Crippen molar-refractivity contribution >= 4 is 0 Å². The summed E-state index contributed by atoms with van der Waals surface area (Å²) in [6.45, 7) is 4.64. The van der Waals surface area contributed by atoms with Gasteiger partial charge in [0.05, 0.1) is 12.2 Å².